The van der Waals surface area contributed by atoms with Crippen LogP contribution >= 0.6 is 0 Å². The summed E-state index contributed by atoms with van der Waals surface area (Å²) in [5.74, 6) is 6.34. The lowest BCUT2D eigenvalue weighted by molar-refractivity contribution is -0.156. The van der Waals surface area contributed by atoms with Crippen molar-refractivity contribution in [2.24, 2.45) is 0 Å². The van der Waals surface area contributed by atoms with E-state index in [-0.39, 0.29) is 43.3 Å². The predicted octanol–water partition coefficient (Wildman–Crippen LogP) is 9.38. The molecule has 0 radical (unpaired) electrons. The number of hydrogen-bond acceptors (Lipinski definition) is 7. The molecular formula is C39H66O7. The summed E-state index contributed by atoms with van der Waals surface area (Å²) in [6, 6.07) is 0. The van der Waals surface area contributed by atoms with Crippen LogP contribution in [0, 0.1) is 11.8 Å². The van der Waals surface area contributed by atoms with Crippen LogP contribution in [0.25, 0.3) is 0 Å². The molecule has 0 unspecified atom stereocenters. The summed E-state index contributed by atoms with van der Waals surface area (Å²) in [6.07, 6.45) is 30.3. The van der Waals surface area contributed by atoms with Crippen LogP contribution < -0.4 is 0 Å². The molecule has 5 atom stereocenters. The number of ether oxygens (including phenoxy) is 6. The molecule has 7 nitrogen and oxygen atoms in total. The molecule has 1 saturated heterocycles. The van der Waals surface area contributed by atoms with Gasteiger partial charge in [0.15, 0.2) is 0 Å². The number of hydrogen-bond donors (Lipinski definition) is 0. The highest BCUT2D eigenvalue weighted by Gasteiger charge is 2.36. The van der Waals surface area contributed by atoms with Gasteiger partial charge >= 0.3 is 5.97 Å². The topological polar surface area (TPSA) is 72.5 Å². The first kappa shape index (κ1) is 40.5. The molecule has 2 aliphatic rings. The highest BCUT2D eigenvalue weighted by atomic mass is 16.7. The highest BCUT2D eigenvalue weighted by Crippen LogP contribution is 2.30. The molecule has 0 aromatic heterocycles. The molecule has 0 amide bonds. The van der Waals surface area contributed by atoms with Gasteiger partial charge in [-0.2, -0.15) is 0 Å². The zero-order chi connectivity index (χ0) is 33.1. The van der Waals surface area contributed by atoms with E-state index in [9.17, 15) is 4.79 Å². The fourth-order valence-electron chi connectivity index (χ4n) is 6.34. The van der Waals surface area contributed by atoms with Crippen molar-refractivity contribution >= 4 is 5.97 Å². The van der Waals surface area contributed by atoms with Gasteiger partial charge in [0.05, 0.1) is 24.4 Å². The van der Waals surface area contributed by atoms with Gasteiger partial charge in [-0.05, 0) is 64.0 Å². The lowest BCUT2D eigenvalue weighted by Crippen LogP contribution is -2.34. The van der Waals surface area contributed by atoms with E-state index in [4.69, 9.17) is 28.4 Å². The first-order valence-electron chi connectivity index (χ1n) is 18.5. The summed E-state index contributed by atoms with van der Waals surface area (Å²) < 4.78 is 34.3. The van der Waals surface area contributed by atoms with E-state index in [1.54, 1.807) is 14.2 Å². The van der Waals surface area contributed by atoms with Crippen molar-refractivity contribution in [1.82, 2.24) is 0 Å². The first-order valence-corrected chi connectivity index (χ1v) is 18.5. The van der Waals surface area contributed by atoms with Crippen LogP contribution in [0.15, 0.2) is 23.8 Å². The minimum Gasteiger partial charge on any atom is -0.455 e. The molecule has 2 heterocycles. The minimum atomic E-state index is -0.133. The summed E-state index contributed by atoms with van der Waals surface area (Å²) in [7, 11) is 3.32. The Labute approximate surface area is 281 Å². The van der Waals surface area contributed by atoms with E-state index < -0.39 is 0 Å². The Morgan fingerprint density at radius 3 is 2.04 bits per heavy atom. The second kappa shape index (κ2) is 27.3. The van der Waals surface area contributed by atoms with E-state index in [0.29, 0.717) is 13.2 Å². The maximum absolute atomic E-state index is 11.7. The van der Waals surface area contributed by atoms with Crippen LogP contribution in [-0.4, -0.2) is 64.3 Å². The van der Waals surface area contributed by atoms with Crippen molar-refractivity contribution in [3.05, 3.63) is 23.8 Å². The van der Waals surface area contributed by atoms with Gasteiger partial charge in [0, 0.05) is 26.2 Å². The molecule has 2 aliphatic heterocycles. The average Bonchev–Trinajstić information content (AvgIpc) is 3.67. The van der Waals surface area contributed by atoms with Crippen molar-refractivity contribution in [3.8, 4) is 11.8 Å². The molecular weight excluding hydrogens is 580 g/mol. The molecule has 0 N–H and O–H groups in total. The number of carbonyl (C=O) groups is 1. The molecule has 0 bridgehead atoms. The Morgan fingerprint density at radius 2 is 1.41 bits per heavy atom. The molecule has 1 fully saturated rings. The van der Waals surface area contributed by atoms with Crippen LogP contribution in [0.5, 0.6) is 0 Å². The second-order valence-electron chi connectivity index (χ2n) is 13.0. The second-order valence-corrected chi connectivity index (χ2v) is 13.0. The van der Waals surface area contributed by atoms with E-state index >= 15 is 0 Å². The van der Waals surface area contributed by atoms with E-state index in [1.165, 1.54) is 70.6 Å². The van der Waals surface area contributed by atoms with Gasteiger partial charge in [-0.3, -0.25) is 0 Å². The van der Waals surface area contributed by atoms with Crippen molar-refractivity contribution in [2.75, 3.05) is 27.8 Å². The molecule has 46 heavy (non-hydrogen) atoms. The van der Waals surface area contributed by atoms with Crippen LogP contribution in [0.4, 0.5) is 0 Å². The normalized spacial score (nSPS) is 20.9. The van der Waals surface area contributed by atoms with Gasteiger partial charge in [-0.25, -0.2) is 4.79 Å². The average molecular weight is 647 g/mol. The van der Waals surface area contributed by atoms with Gasteiger partial charge in [0.1, 0.15) is 19.7 Å². The highest BCUT2D eigenvalue weighted by molar-refractivity contribution is 5.90. The fraction of sp³-hybridized carbons (Fsp3) is 0.821. The Balaban J connectivity index is 1.64. The van der Waals surface area contributed by atoms with Gasteiger partial charge in [0.2, 0.25) is 0 Å². The molecule has 0 aromatic rings. The minimum absolute atomic E-state index is 0.0150. The summed E-state index contributed by atoms with van der Waals surface area (Å²) in [4.78, 5) is 11.7. The zero-order valence-electron chi connectivity index (χ0n) is 29.7. The predicted molar refractivity (Wildman–Crippen MR) is 185 cm³/mol. The SMILES string of the molecule is CCCCCCCCCCCC[C@@H](OCOC)[C@H]1CC[C@H]([C@@H](CC#C/C=C/CCCCCCCC2=C[C@H](C)OC2=O)OCOC)O1. The number of allylic oxidation sites excluding steroid dienone is 2. The van der Waals surface area contributed by atoms with Crippen LogP contribution in [-0.2, 0) is 33.2 Å². The molecule has 0 aliphatic carbocycles. The van der Waals surface area contributed by atoms with Gasteiger partial charge < -0.3 is 28.4 Å². The Morgan fingerprint density at radius 1 is 0.826 bits per heavy atom. The number of unbranched alkanes of at least 4 members (excludes halogenated alkanes) is 14. The molecule has 0 aromatic carbocycles. The number of cyclic esters (lactones) is 1. The Kier molecular flexibility index (Phi) is 24.0. The standard InChI is InChI=1S/C39H66O7/c1-5-6-7-8-9-10-14-17-20-23-26-35(43-31-41-3)37-28-29-38(46-37)36(44-32-42-4)27-24-21-18-15-12-11-13-16-19-22-25-34-30-33(2)45-39(34)40/h15,18,30,33,35-38H,5-14,16-17,19-20,22-23,25-29,31-32H2,1-4H3/b18-15+/t33-,35+,36+,37+,38+/m0/s1. The van der Waals surface area contributed by atoms with Crippen LogP contribution in [0.3, 0.4) is 0 Å². The Bertz CT molecular complexity index is 889. The van der Waals surface area contributed by atoms with Crippen molar-refractivity contribution < 1.29 is 33.2 Å². The number of rotatable bonds is 28. The lowest BCUT2D eigenvalue weighted by atomic mass is 10.0. The third-order valence-corrected chi connectivity index (χ3v) is 8.97. The molecule has 0 saturated carbocycles. The van der Waals surface area contributed by atoms with E-state index in [1.807, 2.05) is 19.1 Å². The van der Waals surface area contributed by atoms with Gasteiger partial charge in [0.25, 0.3) is 0 Å². The summed E-state index contributed by atoms with van der Waals surface area (Å²) in [6.45, 7) is 4.71. The van der Waals surface area contributed by atoms with E-state index in [0.717, 1.165) is 63.4 Å². The van der Waals surface area contributed by atoms with Crippen molar-refractivity contribution in [1.29, 1.82) is 0 Å². The maximum atomic E-state index is 11.7. The largest absolute Gasteiger partial charge is 0.455 e. The summed E-state index contributed by atoms with van der Waals surface area (Å²) >= 11 is 0. The molecule has 264 valence electrons. The van der Waals surface area contributed by atoms with Crippen molar-refractivity contribution in [2.45, 2.75) is 179 Å². The third-order valence-electron chi connectivity index (χ3n) is 8.97. The van der Waals surface area contributed by atoms with Crippen molar-refractivity contribution in [3.63, 3.8) is 0 Å². The number of carbonyl (C=O) groups excluding carboxylic acids is 1. The van der Waals surface area contributed by atoms with Gasteiger partial charge in [-0.1, -0.05) is 108 Å². The van der Waals surface area contributed by atoms with Crippen LogP contribution in [0.2, 0.25) is 0 Å². The van der Waals surface area contributed by atoms with E-state index in [2.05, 4.69) is 24.8 Å². The monoisotopic (exact) mass is 646 g/mol. The number of methoxy groups -OCH3 is 2. The first-order chi connectivity index (χ1) is 22.6. The maximum Gasteiger partial charge on any atom is 0.334 e. The third kappa shape index (κ3) is 18.6. The fourth-order valence-corrected chi connectivity index (χ4v) is 6.34. The lowest BCUT2D eigenvalue weighted by Gasteiger charge is -2.26. The summed E-state index contributed by atoms with van der Waals surface area (Å²) in [5, 5.41) is 0. The summed E-state index contributed by atoms with van der Waals surface area (Å²) in [5.41, 5.74) is 0.850. The quantitative estimate of drug-likeness (QED) is 0.0363. The Hall–Kier alpha value is -1.69. The van der Waals surface area contributed by atoms with Gasteiger partial charge in [-0.15, -0.1) is 0 Å². The molecule has 2 rings (SSSR count). The zero-order valence-corrected chi connectivity index (χ0v) is 29.7. The van der Waals surface area contributed by atoms with Crippen LogP contribution in [0.1, 0.15) is 149 Å². The number of esters is 1. The molecule has 7 heteroatoms. The smallest absolute Gasteiger partial charge is 0.334 e. The molecule has 0 spiro atoms.